The summed E-state index contributed by atoms with van der Waals surface area (Å²) in [6, 6.07) is 3.82. The molecule has 128 valence electrons. The number of halogens is 1. The fraction of sp³-hybridized carbons (Fsp3) is 0.611. The van der Waals surface area contributed by atoms with E-state index in [1.54, 1.807) is 0 Å². The van der Waals surface area contributed by atoms with Crippen LogP contribution in [0.15, 0.2) is 12.1 Å². The number of quaternary nitrogens is 1. The Morgan fingerprint density at radius 2 is 1.96 bits per heavy atom. The molecule has 1 aliphatic rings. The summed E-state index contributed by atoms with van der Waals surface area (Å²) in [5.41, 5.74) is 2.18. The molecule has 1 aliphatic heterocycles. The van der Waals surface area contributed by atoms with E-state index in [2.05, 4.69) is 0 Å². The van der Waals surface area contributed by atoms with Crippen molar-refractivity contribution in [2.75, 3.05) is 32.8 Å². The molecule has 0 unspecified atom stereocenters. The number of nitrogens with one attached hydrogen (secondary N) is 1. The van der Waals surface area contributed by atoms with Gasteiger partial charge in [-0.15, -0.1) is 0 Å². The van der Waals surface area contributed by atoms with Crippen LogP contribution in [0, 0.1) is 19.8 Å². The van der Waals surface area contributed by atoms with Gasteiger partial charge in [0, 0.05) is 17.9 Å². The molecule has 1 N–H and O–H groups in total. The number of benzene rings is 1. The Kier molecular flexibility index (Phi) is 6.72. The van der Waals surface area contributed by atoms with E-state index in [-0.39, 0.29) is 11.9 Å². The van der Waals surface area contributed by atoms with Gasteiger partial charge in [0.15, 0.2) is 0 Å². The third-order valence-corrected chi connectivity index (χ3v) is 5.11. The standard InChI is InChI=1S/C18H26ClNO3/c1-4-22-18(21)15-7-9-20(10-8-15)11-12-23-17-6-5-16(19)13(2)14(17)3/h5-6,15H,4,7-12H2,1-3H3/p+1. The zero-order valence-corrected chi connectivity index (χ0v) is 15.0. The predicted octanol–water partition coefficient (Wildman–Crippen LogP) is 2.19. The molecule has 0 amide bonds. The molecule has 1 aromatic rings. The van der Waals surface area contributed by atoms with E-state index in [4.69, 9.17) is 21.1 Å². The summed E-state index contributed by atoms with van der Waals surface area (Å²) in [5.74, 6) is 0.962. The number of ether oxygens (including phenoxy) is 2. The Labute approximate surface area is 143 Å². The molecule has 0 aliphatic carbocycles. The number of likely N-dealkylation sites (tertiary alicyclic amines) is 1. The van der Waals surface area contributed by atoms with Crippen LogP contribution in [0.4, 0.5) is 0 Å². The lowest BCUT2D eigenvalue weighted by Crippen LogP contribution is -3.13. The maximum absolute atomic E-state index is 11.7. The lowest BCUT2D eigenvalue weighted by atomic mass is 9.97. The molecule has 0 atom stereocenters. The molecule has 1 saturated heterocycles. The number of esters is 1. The molecule has 1 heterocycles. The zero-order chi connectivity index (χ0) is 16.8. The SMILES string of the molecule is CCOC(=O)C1CC[NH+](CCOc2ccc(Cl)c(C)c2C)CC1. The summed E-state index contributed by atoms with van der Waals surface area (Å²) in [5, 5.41) is 0.779. The first-order valence-corrected chi connectivity index (χ1v) is 8.79. The summed E-state index contributed by atoms with van der Waals surface area (Å²) in [4.78, 5) is 13.2. The van der Waals surface area contributed by atoms with E-state index < -0.39 is 0 Å². The molecule has 5 heteroatoms. The normalized spacial score (nSPS) is 21.0. The quantitative estimate of drug-likeness (QED) is 0.807. The van der Waals surface area contributed by atoms with Gasteiger partial charge in [0.25, 0.3) is 0 Å². The molecular formula is C18H27ClNO3+. The molecule has 2 rings (SSSR count). The highest BCUT2D eigenvalue weighted by Crippen LogP contribution is 2.27. The van der Waals surface area contributed by atoms with Crippen LogP contribution in [0.2, 0.25) is 5.02 Å². The van der Waals surface area contributed by atoms with Crippen molar-refractivity contribution in [3.8, 4) is 5.75 Å². The number of carbonyl (C=O) groups is 1. The van der Waals surface area contributed by atoms with Crippen molar-refractivity contribution >= 4 is 17.6 Å². The van der Waals surface area contributed by atoms with Gasteiger partial charge in [0.1, 0.15) is 18.9 Å². The lowest BCUT2D eigenvalue weighted by Gasteiger charge is -2.28. The third kappa shape index (κ3) is 4.85. The first-order chi connectivity index (χ1) is 11.0. The number of rotatable bonds is 6. The maximum atomic E-state index is 11.7. The van der Waals surface area contributed by atoms with Gasteiger partial charge in [-0.25, -0.2) is 0 Å². The molecule has 0 aromatic heterocycles. The van der Waals surface area contributed by atoms with Gasteiger partial charge in [-0.05, 0) is 44.0 Å². The molecule has 1 fully saturated rings. The highest BCUT2D eigenvalue weighted by molar-refractivity contribution is 6.31. The molecule has 0 saturated carbocycles. The van der Waals surface area contributed by atoms with Crippen LogP contribution in [0.25, 0.3) is 0 Å². The first kappa shape index (κ1) is 18.1. The summed E-state index contributed by atoms with van der Waals surface area (Å²) < 4.78 is 11.0. The molecule has 4 nitrogen and oxygen atoms in total. The van der Waals surface area contributed by atoms with E-state index >= 15 is 0 Å². The Hall–Kier alpha value is -1.26. The van der Waals surface area contributed by atoms with Crippen LogP contribution in [0.1, 0.15) is 30.9 Å². The van der Waals surface area contributed by atoms with Gasteiger partial charge in [-0.2, -0.15) is 0 Å². The van der Waals surface area contributed by atoms with E-state index in [0.717, 1.165) is 54.4 Å². The monoisotopic (exact) mass is 340 g/mol. The molecular weight excluding hydrogens is 314 g/mol. The Morgan fingerprint density at radius 3 is 2.61 bits per heavy atom. The minimum absolute atomic E-state index is 0.0323. The lowest BCUT2D eigenvalue weighted by molar-refractivity contribution is -0.905. The van der Waals surface area contributed by atoms with Gasteiger partial charge in [-0.1, -0.05) is 11.6 Å². The highest BCUT2D eigenvalue weighted by Gasteiger charge is 2.28. The second-order valence-corrected chi connectivity index (χ2v) is 6.58. The second-order valence-electron chi connectivity index (χ2n) is 6.17. The third-order valence-electron chi connectivity index (χ3n) is 4.70. The fourth-order valence-corrected chi connectivity index (χ4v) is 3.20. The van der Waals surface area contributed by atoms with Crippen molar-refractivity contribution in [2.24, 2.45) is 5.92 Å². The first-order valence-electron chi connectivity index (χ1n) is 8.41. The van der Waals surface area contributed by atoms with E-state index in [9.17, 15) is 4.79 Å². The van der Waals surface area contributed by atoms with Crippen LogP contribution < -0.4 is 9.64 Å². The molecule has 0 bridgehead atoms. The van der Waals surface area contributed by atoms with E-state index in [1.807, 2.05) is 32.9 Å². The number of hydrogen-bond acceptors (Lipinski definition) is 3. The summed E-state index contributed by atoms with van der Waals surface area (Å²) in [6.07, 6.45) is 1.82. The van der Waals surface area contributed by atoms with Crippen LogP contribution >= 0.6 is 11.6 Å². The highest BCUT2D eigenvalue weighted by atomic mass is 35.5. The predicted molar refractivity (Wildman–Crippen MR) is 91.3 cm³/mol. The van der Waals surface area contributed by atoms with Crippen LogP contribution in [0.3, 0.4) is 0 Å². The van der Waals surface area contributed by atoms with Gasteiger partial charge < -0.3 is 14.4 Å². The van der Waals surface area contributed by atoms with Gasteiger partial charge in [0.2, 0.25) is 0 Å². The van der Waals surface area contributed by atoms with Gasteiger partial charge in [0.05, 0.1) is 25.6 Å². The molecule has 0 spiro atoms. The smallest absolute Gasteiger partial charge is 0.309 e. The summed E-state index contributed by atoms with van der Waals surface area (Å²) in [6.45, 7) is 10.0. The zero-order valence-electron chi connectivity index (χ0n) is 14.3. The summed E-state index contributed by atoms with van der Waals surface area (Å²) in [7, 11) is 0. The average molecular weight is 341 g/mol. The van der Waals surface area contributed by atoms with Crippen molar-refractivity contribution < 1.29 is 19.2 Å². The maximum Gasteiger partial charge on any atom is 0.309 e. The van der Waals surface area contributed by atoms with Crippen LogP contribution in [-0.2, 0) is 9.53 Å². The Morgan fingerprint density at radius 1 is 1.26 bits per heavy atom. The molecule has 23 heavy (non-hydrogen) atoms. The molecule has 1 aromatic carbocycles. The minimum Gasteiger partial charge on any atom is -0.487 e. The van der Waals surface area contributed by atoms with Crippen LogP contribution in [-0.4, -0.2) is 38.8 Å². The van der Waals surface area contributed by atoms with Gasteiger partial charge >= 0.3 is 5.97 Å². The number of piperidine rings is 1. The Bertz CT molecular complexity index is 539. The Balaban J connectivity index is 1.74. The van der Waals surface area contributed by atoms with Crippen molar-refractivity contribution in [2.45, 2.75) is 33.6 Å². The van der Waals surface area contributed by atoms with Crippen molar-refractivity contribution in [1.82, 2.24) is 0 Å². The minimum atomic E-state index is -0.0323. The fourth-order valence-electron chi connectivity index (χ4n) is 3.00. The van der Waals surface area contributed by atoms with Gasteiger partial charge in [-0.3, -0.25) is 4.79 Å². The van der Waals surface area contributed by atoms with Crippen molar-refractivity contribution in [1.29, 1.82) is 0 Å². The second kappa shape index (κ2) is 8.55. The topological polar surface area (TPSA) is 40.0 Å². The molecule has 0 radical (unpaired) electrons. The van der Waals surface area contributed by atoms with Crippen LogP contribution in [0.5, 0.6) is 5.75 Å². The van der Waals surface area contributed by atoms with E-state index in [0.29, 0.717) is 13.2 Å². The average Bonchev–Trinajstić information content (AvgIpc) is 2.55. The largest absolute Gasteiger partial charge is 0.487 e. The van der Waals surface area contributed by atoms with Crippen molar-refractivity contribution in [3.05, 3.63) is 28.3 Å². The number of carbonyl (C=O) groups excluding carboxylic acids is 1. The van der Waals surface area contributed by atoms with Crippen molar-refractivity contribution in [3.63, 3.8) is 0 Å². The van der Waals surface area contributed by atoms with E-state index in [1.165, 1.54) is 4.90 Å². The number of hydrogen-bond donors (Lipinski definition) is 1. The summed E-state index contributed by atoms with van der Waals surface area (Å²) >= 11 is 6.11.